The van der Waals surface area contributed by atoms with E-state index in [0.717, 1.165) is 0 Å². The summed E-state index contributed by atoms with van der Waals surface area (Å²) >= 11 is 0. The van der Waals surface area contributed by atoms with Crippen molar-refractivity contribution in [3.63, 3.8) is 0 Å². The minimum atomic E-state index is -0.884. The predicted octanol–water partition coefficient (Wildman–Crippen LogP) is 1.32. The number of rotatable bonds is 6. The number of carbonyl (C=O) groups excluding carboxylic acids is 2. The van der Waals surface area contributed by atoms with Gasteiger partial charge in [-0.2, -0.15) is 0 Å². The molecular formula is C13H20O5. The van der Waals surface area contributed by atoms with Gasteiger partial charge in [-0.25, -0.2) is 4.79 Å². The van der Waals surface area contributed by atoms with E-state index in [1.165, 1.54) is 6.08 Å². The topological polar surface area (TPSA) is 61.8 Å². The summed E-state index contributed by atoms with van der Waals surface area (Å²) in [6, 6.07) is 0. The Morgan fingerprint density at radius 3 is 2.50 bits per heavy atom. The zero-order chi connectivity index (χ0) is 13.8. The smallest absolute Gasteiger partial charge is 0.347 e. The molecule has 1 atom stereocenters. The summed E-state index contributed by atoms with van der Waals surface area (Å²) in [5.74, 6) is -1.12. The van der Waals surface area contributed by atoms with Crippen LogP contribution in [0.2, 0.25) is 0 Å². The molecule has 1 fully saturated rings. The van der Waals surface area contributed by atoms with Gasteiger partial charge in [-0.1, -0.05) is 6.08 Å². The second-order valence-corrected chi connectivity index (χ2v) is 4.80. The molecule has 1 rings (SSSR count). The zero-order valence-electron chi connectivity index (χ0n) is 11.1. The number of ether oxygens (including phenoxy) is 3. The number of hydrogen-bond donors (Lipinski definition) is 0. The molecule has 18 heavy (non-hydrogen) atoms. The largest absolute Gasteiger partial charge is 0.463 e. The van der Waals surface area contributed by atoms with E-state index >= 15 is 0 Å². The third kappa shape index (κ3) is 3.32. The zero-order valence-corrected chi connectivity index (χ0v) is 11.1. The van der Waals surface area contributed by atoms with Crippen LogP contribution >= 0.6 is 0 Å². The highest BCUT2D eigenvalue weighted by Crippen LogP contribution is 2.24. The lowest BCUT2D eigenvalue weighted by atomic mass is 9.93. The Bertz CT molecular complexity index is 330. The van der Waals surface area contributed by atoms with E-state index in [2.05, 4.69) is 6.58 Å². The standard InChI is InChI=1S/C13H20O5/c1-5-13(3,4)12(15)18-10(9-7-16-8-9)11(14)17-6-2/h5,9-10H,1,6-8H2,2-4H3. The van der Waals surface area contributed by atoms with Gasteiger partial charge < -0.3 is 14.2 Å². The van der Waals surface area contributed by atoms with Gasteiger partial charge >= 0.3 is 11.9 Å². The van der Waals surface area contributed by atoms with Crippen LogP contribution in [-0.2, 0) is 23.8 Å². The predicted molar refractivity (Wildman–Crippen MR) is 64.8 cm³/mol. The number of esters is 2. The van der Waals surface area contributed by atoms with Crippen molar-refractivity contribution in [3.8, 4) is 0 Å². The third-order valence-electron chi connectivity index (χ3n) is 2.88. The summed E-state index contributed by atoms with van der Waals surface area (Å²) in [6.45, 7) is 9.73. The Hall–Kier alpha value is -1.36. The van der Waals surface area contributed by atoms with Gasteiger partial charge in [-0.05, 0) is 20.8 Å². The summed E-state index contributed by atoms with van der Waals surface area (Å²) in [6.07, 6.45) is 0.611. The SMILES string of the molecule is C=CC(C)(C)C(=O)OC(C(=O)OCC)C1COC1. The van der Waals surface area contributed by atoms with Crippen LogP contribution in [0, 0.1) is 11.3 Å². The summed E-state index contributed by atoms with van der Waals surface area (Å²) in [5.41, 5.74) is -0.824. The molecule has 0 N–H and O–H groups in total. The summed E-state index contributed by atoms with van der Waals surface area (Å²) in [5, 5.41) is 0. The van der Waals surface area contributed by atoms with Crippen molar-refractivity contribution >= 4 is 11.9 Å². The molecule has 0 saturated carbocycles. The van der Waals surface area contributed by atoms with E-state index in [9.17, 15) is 9.59 Å². The lowest BCUT2D eigenvalue weighted by molar-refractivity contribution is -0.187. The van der Waals surface area contributed by atoms with Crippen molar-refractivity contribution in [3.05, 3.63) is 12.7 Å². The number of hydrogen-bond acceptors (Lipinski definition) is 5. The van der Waals surface area contributed by atoms with Gasteiger partial charge in [-0.15, -0.1) is 6.58 Å². The lowest BCUT2D eigenvalue weighted by Gasteiger charge is -2.33. The minimum Gasteiger partial charge on any atom is -0.463 e. The van der Waals surface area contributed by atoms with Crippen molar-refractivity contribution in [2.45, 2.75) is 26.9 Å². The van der Waals surface area contributed by atoms with E-state index in [4.69, 9.17) is 14.2 Å². The molecular weight excluding hydrogens is 236 g/mol. The second-order valence-electron chi connectivity index (χ2n) is 4.80. The molecule has 0 aromatic heterocycles. The van der Waals surface area contributed by atoms with Gasteiger partial charge in [0, 0.05) is 0 Å². The third-order valence-corrected chi connectivity index (χ3v) is 2.88. The average Bonchev–Trinajstić information content (AvgIpc) is 2.25. The monoisotopic (exact) mass is 256 g/mol. The highest BCUT2D eigenvalue weighted by atomic mass is 16.6. The van der Waals surface area contributed by atoms with Gasteiger partial charge in [-0.3, -0.25) is 4.79 Å². The Morgan fingerprint density at radius 2 is 2.11 bits per heavy atom. The molecule has 0 bridgehead atoms. The molecule has 1 aliphatic rings. The second kappa shape index (κ2) is 6.00. The van der Waals surface area contributed by atoms with Gasteiger partial charge in [0.1, 0.15) is 0 Å². The molecule has 5 heteroatoms. The highest BCUT2D eigenvalue weighted by molar-refractivity contribution is 5.83. The van der Waals surface area contributed by atoms with Crippen molar-refractivity contribution in [1.29, 1.82) is 0 Å². The number of carbonyl (C=O) groups is 2. The van der Waals surface area contributed by atoms with Crippen LogP contribution in [-0.4, -0.2) is 37.9 Å². The summed E-state index contributed by atoms with van der Waals surface area (Å²) < 4.78 is 15.2. The van der Waals surface area contributed by atoms with Crippen molar-refractivity contribution in [2.75, 3.05) is 19.8 Å². The Morgan fingerprint density at radius 1 is 1.50 bits per heavy atom. The summed E-state index contributed by atoms with van der Waals surface area (Å²) in [7, 11) is 0. The highest BCUT2D eigenvalue weighted by Gasteiger charge is 2.40. The first-order chi connectivity index (χ1) is 8.42. The van der Waals surface area contributed by atoms with Crippen LogP contribution in [0.25, 0.3) is 0 Å². The average molecular weight is 256 g/mol. The minimum absolute atomic E-state index is 0.117. The van der Waals surface area contributed by atoms with Gasteiger partial charge in [0.2, 0.25) is 6.10 Å². The molecule has 1 aliphatic heterocycles. The van der Waals surface area contributed by atoms with Crippen molar-refractivity contribution in [2.24, 2.45) is 11.3 Å². The van der Waals surface area contributed by atoms with Crippen LogP contribution in [0.3, 0.4) is 0 Å². The maximum Gasteiger partial charge on any atom is 0.347 e. The molecule has 0 aromatic rings. The van der Waals surface area contributed by atoms with E-state index < -0.39 is 23.5 Å². The Labute approximate surface area is 107 Å². The molecule has 1 heterocycles. The molecule has 1 unspecified atom stereocenters. The van der Waals surface area contributed by atoms with Gasteiger partial charge in [0.05, 0.1) is 31.2 Å². The van der Waals surface area contributed by atoms with Crippen molar-refractivity contribution < 1.29 is 23.8 Å². The van der Waals surface area contributed by atoms with Crippen LogP contribution < -0.4 is 0 Å². The van der Waals surface area contributed by atoms with E-state index in [1.807, 2.05) is 0 Å². The van der Waals surface area contributed by atoms with Crippen LogP contribution in [0.1, 0.15) is 20.8 Å². The fraction of sp³-hybridized carbons (Fsp3) is 0.692. The summed E-state index contributed by atoms with van der Waals surface area (Å²) in [4.78, 5) is 23.7. The molecule has 102 valence electrons. The molecule has 0 amide bonds. The quantitative estimate of drug-likeness (QED) is 0.530. The van der Waals surface area contributed by atoms with Crippen LogP contribution in [0.5, 0.6) is 0 Å². The van der Waals surface area contributed by atoms with Gasteiger partial charge in [0.15, 0.2) is 0 Å². The molecule has 0 radical (unpaired) electrons. The fourth-order valence-corrected chi connectivity index (χ4v) is 1.34. The molecule has 5 nitrogen and oxygen atoms in total. The van der Waals surface area contributed by atoms with E-state index in [-0.39, 0.29) is 12.5 Å². The van der Waals surface area contributed by atoms with Crippen molar-refractivity contribution in [1.82, 2.24) is 0 Å². The Balaban J connectivity index is 2.69. The maximum atomic E-state index is 11.9. The molecule has 0 aromatic carbocycles. The Kier molecular flexibility index (Phi) is 4.90. The normalized spacial score (nSPS) is 17.5. The molecule has 1 saturated heterocycles. The van der Waals surface area contributed by atoms with E-state index in [0.29, 0.717) is 13.2 Å². The van der Waals surface area contributed by atoms with Crippen LogP contribution in [0.4, 0.5) is 0 Å². The van der Waals surface area contributed by atoms with Gasteiger partial charge in [0.25, 0.3) is 0 Å². The molecule has 0 aliphatic carbocycles. The molecule has 0 spiro atoms. The maximum absolute atomic E-state index is 11.9. The van der Waals surface area contributed by atoms with E-state index in [1.54, 1.807) is 20.8 Å². The first kappa shape index (κ1) is 14.7. The first-order valence-electron chi connectivity index (χ1n) is 6.01. The first-order valence-corrected chi connectivity index (χ1v) is 6.01. The van der Waals surface area contributed by atoms with Crippen LogP contribution in [0.15, 0.2) is 12.7 Å². The fourth-order valence-electron chi connectivity index (χ4n) is 1.34. The lowest BCUT2D eigenvalue weighted by Crippen LogP contribution is -2.47.